The molecule has 0 aliphatic rings. The average Bonchev–Trinajstić information content (AvgIpc) is 2.76. The van der Waals surface area contributed by atoms with Crippen molar-refractivity contribution >= 4 is 23.0 Å². The Morgan fingerprint density at radius 1 is 1.50 bits per heavy atom. The van der Waals surface area contributed by atoms with Crippen molar-refractivity contribution in [3.05, 3.63) is 41.6 Å². The van der Waals surface area contributed by atoms with Crippen LogP contribution in [0.4, 0.5) is 5.82 Å². The summed E-state index contributed by atoms with van der Waals surface area (Å²) < 4.78 is 1.73. The SMILES string of the molecule is CN(Cc1cccc(C(N)=S)c1)c1cnnn1C. The molecule has 2 rings (SSSR count). The van der Waals surface area contributed by atoms with Gasteiger partial charge in [-0.05, 0) is 11.6 Å². The number of rotatable bonds is 4. The first-order valence-electron chi connectivity index (χ1n) is 5.52. The van der Waals surface area contributed by atoms with E-state index in [4.69, 9.17) is 18.0 Å². The molecule has 6 heteroatoms. The van der Waals surface area contributed by atoms with Crippen LogP contribution in [0, 0.1) is 0 Å². The summed E-state index contributed by atoms with van der Waals surface area (Å²) in [7, 11) is 3.86. The number of benzene rings is 1. The summed E-state index contributed by atoms with van der Waals surface area (Å²) in [6.45, 7) is 0.748. The van der Waals surface area contributed by atoms with Crippen molar-refractivity contribution in [3.8, 4) is 0 Å². The van der Waals surface area contributed by atoms with Gasteiger partial charge in [0.05, 0.1) is 6.20 Å². The summed E-state index contributed by atoms with van der Waals surface area (Å²) in [5, 5.41) is 7.77. The first kappa shape index (κ1) is 12.5. The van der Waals surface area contributed by atoms with Crippen LogP contribution >= 0.6 is 12.2 Å². The van der Waals surface area contributed by atoms with Crippen LogP contribution in [0.15, 0.2) is 30.5 Å². The Kier molecular flexibility index (Phi) is 3.57. The van der Waals surface area contributed by atoms with Gasteiger partial charge in [-0.1, -0.05) is 35.6 Å². The number of nitrogens with two attached hydrogens (primary N) is 1. The number of nitrogens with zero attached hydrogens (tertiary/aromatic N) is 4. The lowest BCUT2D eigenvalue weighted by Crippen LogP contribution is -2.19. The van der Waals surface area contributed by atoms with Gasteiger partial charge in [0.25, 0.3) is 0 Å². The van der Waals surface area contributed by atoms with Crippen molar-refractivity contribution in [2.45, 2.75) is 6.54 Å². The van der Waals surface area contributed by atoms with Crippen LogP contribution in [0.5, 0.6) is 0 Å². The molecule has 0 bridgehead atoms. The van der Waals surface area contributed by atoms with Crippen molar-refractivity contribution < 1.29 is 0 Å². The Bertz CT molecular complexity index is 563. The van der Waals surface area contributed by atoms with Crippen molar-refractivity contribution in [2.24, 2.45) is 12.8 Å². The Hall–Kier alpha value is -1.95. The second kappa shape index (κ2) is 5.14. The van der Waals surface area contributed by atoms with Crippen LogP contribution in [0.3, 0.4) is 0 Å². The van der Waals surface area contributed by atoms with Gasteiger partial charge in [-0.15, -0.1) is 5.10 Å². The van der Waals surface area contributed by atoms with Gasteiger partial charge in [0.2, 0.25) is 0 Å². The van der Waals surface area contributed by atoms with Gasteiger partial charge in [-0.2, -0.15) is 0 Å². The van der Waals surface area contributed by atoms with Gasteiger partial charge in [0.15, 0.2) is 0 Å². The van der Waals surface area contributed by atoms with E-state index >= 15 is 0 Å². The van der Waals surface area contributed by atoms with Crippen LogP contribution in [0.2, 0.25) is 0 Å². The summed E-state index contributed by atoms with van der Waals surface area (Å²) in [6.07, 6.45) is 1.73. The normalized spacial score (nSPS) is 10.3. The second-order valence-electron chi connectivity index (χ2n) is 4.14. The van der Waals surface area contributed by atoms with Crippen LogP contribution < -0.4 is 10.6 Å². The van der Waals surface area contributed by atoms with Gasteiger partial charge >= 0.3 is 0 Å². The molecule has 18 heavy (non-hydrogen) atoms. The quantitative estimate of drug-likeness (QED) is 0.835. The van der Waals surface area contributed by atoms with Crippen molar-refractivity contribution in [1.82, 2.24) is 15.0 Å². The largest absolute Gasteiger partial charge is 0.389 e. The van der Waals surface area contributed by atoms with Crippen molar-refractivity contribution in [2.75, 3.05) is 11.9 Å². The zero-order chi connectivity index (χ0) is 13.1. The Balaban J connectivity index is 2.17. The second-order valence-corrected chi connectivity index (χ2v) is 4.58. The number of hydrogen-bond donors (Lipinski definition) is 1. The van der Waals surface area contributed by atoms with E-state index in [1.165, 1.54) is 0 Å². The van der Waals surface area contributed by atoms with Crippen molar-refractivity contribution in [1.29, 1.82) is 0 Å². The van der Waals surface area contributed by atoms with E-state index in [0.717, 1.165) is 23.5 Å². The van der Waals surface area contributed by atoms with E-state index in [1.807, 2.05) is 38.4 Å². The van der Waals surface area contributed by atoms with Gasteiger partial charge in [-0.25, -0.2) is 4.68 Å². The van der Waals surface area contributed by atoms with Crippen LogP contribution in [-0.2, 0) is 13.6 Å². The number of hydrogen-bond acceptors (Lipinski definition) is 4. The molecule has 94 valence electrons. The lowest BCUT2D eigenvalue weighted by molar-refractivity contribution is 0.697. The molecule has 0 atom stereocenters. The van der Waals surface area contributed by atoms with Crippen LogP contribution in [0.1, 0.15) is 11.1 Å². The third-order valence-electron chi connectivity index (χ3n) is 2.71. The van der Waals surface area contributed by atoms with Crippen LogP contribution in [-0.4, -0.2) is 27.0 Å². The van der Waals surface area contributed by atoms with E-state index in [1.54, 1.807) is 10.9 Å². The van der Waals surface area contributed by atoms with Crippen molar-refractivity contribution in [3.63, 3.8) is 0 Å². The fourth-order valence-electron chi connectivity index (χ4n) is 1.81. The smallest absolute Gasteiger partial charge is 0.147 e. The third-order valence-corrected chi connectivity index (χ3v) is 2.95. The summed E-state index contributed by atoms with van der Waals surface area (Å²) in [4.78, 5) is 2.49. The Morgan fingerprint density at radius 3 is 2.89 bits per heavy atom. The Labute approximate surface area is 111 Å². The molecule has 0 saturated heterocycles. The van der Waals surface area contributed by atoms with E-state index in [-0.39, 0.29) is 0 Å². The monoisotopic (exact) mass is 261 g/mol. The van der Waals surface area contributed by atoms with Gasteiger partial charge < -0.3 is 10.6 Å². The van der Waals surface area contributed by atoms with Gasteiger partial charge in [0, 0.05) is 26.2 Å². The number of aryl methyl sites for hydroxylation is 1. The Morgan fingerprint density at radius 2 is 2.28 bits per heavy atom. The lowest BCUT2D eigenvalue weighted by atomic mass is 10.1. The first-order chi connectivity index (χ1) is 8.58. The predicted octanol–water partition coefficient (Wildman–Crippen LogP) is 1.09. The maximum atomic E-state index is 5.63. The maximum absolute atomic E-state index is 5.63. The molecule has 0 saturated carbocycles. The zero-order valence-corrected chi connectivity index (χ0v) is 11.2. The van der Waals surface area contributed by atoms with E-state index in [9.17, 15) is 0 Å². The minimum absolute atomic E-state index is 0.418. The minimum atomic E-state index is 0.418. The average molecular weight is 261 g/mol. The third kappa shape index (κ3) is 2.65. The van der Waals surface area contributed by atoms with Gasteiger partial charge in [-0.3, -0.25) is 0 Å². The standard InChI is InChI=1S/C12H15N5S/c1-16(11-7-14-15-17(11)2)8-9-4-3-5-10(6-9)12(13)18/h3-7H,8H2,1-2H3,(H2,13,18). The molecule has 1 heterocycles. The van der Waals surface area contributed by atoms with Crippen LogP contribution in [0.25, 0.3) is 0 Å². The highest BCUT2D eigenvalue weighted by Gasteiger charge is 2.07. The molecule has 0 spiro atoms. The highest BCUT2D eigenvalue weighted by atomic mass is 32.1. The van der Waals surface area contributed by atoms with Gasteiger partial charge in [0.1, 0.15) is 10.8 Å². The fourth-order valence-corrected chi connectivity index (χ4v) is 1.93. The molecule has 1 aromatic carbocycles. The molecule has 1 aromatic heterocycles. The summed E-state index contributed by atoms with van der Waals surface area (Å²) >= 11 is 4.98. The lowest BCUT2D eigenvalue weighted by Gasteiger charge is -2.18. The highest BCUT2D eigenvalue weighted by Crippen LogP contribution is 2.13. The molecular formula is C12H15N5S. The maximum Gasteiger partial charge on any atom is 0.147 e. The van der Waals surface area contributed by atoms with E-state index < -0.39 is 0 Å². The number of thiocarbonyl (C=S) groups is 1. The molecule has 0 aliphatic heterocycles. The molecule has 2 aromatic rings. The highest BCUT2D eigenvalue weighted by molar-refractivity contribution is 7.80. The summed E-state index contributed by atoms with van der Waals surface area (Å²) in [5.74, 6) is 0.954. The minimum Gasteiger partial charge on any atom is -0.389 e. The molecule has 0 aliphatic carbocycles. The topological polar surface area (TPSA) is 60.0 Å². The summed E-state index contributed by atoms with van der Waals surface area (Å²) in [5.41, 5.74) is 7.66. The molecule has 0 unspecified atom stereocenters. The fraction of sp³-hybridized carbons (Fsp3) is 0.250. The molecule has 0 fully saturated rings. The zero-order valence-electron chi connectivity index (χ0n) is 10.4. The molecule has 0 radical (unpaired) electrons. The first-order valence-corrected chi connectivity index (χ1v) is 5.93. The molecule has 0 amide bonds. The number of anilines is 1. The number of aromatic nitrogens is 3. The summed E-state index contributed by atoms with van der Waals surface area (Å²) in [6, 6.07) is 7.92. The van der Waals surface area contributed by atoms with E-state index in [0.29, 0.717) is 4.99 Å². The van der Waals surface area contributed by atoms with E-state index in [2.05, 4.69) is 15.2 Å². The molecule has 2 N–H and O–H groups in total. The molecule has 5 nitrogen and oxygen atoms in total. The molecular weight excluding hydrogens is 246 g/mol. The predicted molar refractivity (Wildman–Crippen MR) is 75.4 cm³/mol.